The van der Waals surface area contributed by atoms with Crippen molar-refractivity contribution < 1.29 is 19.5 Å². The summed E-state index contributed by atoms with van der Waals surface area (Å²) >= 11 is 0. The van der Waals surface area contributed by atoms with E-state index in [4.69, 9.17) is 0 Å². The first-order chi connectivity index (χ1) is 9.98. The van der Waals surface area contributed by atoms with E-state index >= 15 is 0 Å². The lowest BCUT2D eigenvalue weighted by molar-refractivity contribution is -0.920. The number of Topliss-reactive ketones (excluding diaryl/α,β-unsaturated/α-hetero) is 1. The van der Waals surface area contributed by atoms with Crippen LogP contribution in [0.4, 0.5) is 0 Å². The molecule has 1 aromatic rings. The lowest BCUT2D eigenvalue weighted by atomic mass is 10.1. The molecule has 0 aliphatic rings. The maximum atomic E-state index is 12.5. The minimum absolute atomic E-state index is 0.0284. The second-order valence-electron chi connectivity index (χ2n) is 5.80. The number of phenolic OH excluding ortho intramolecular Hbond substituents is 2. The van der Waals surface area contributed by atoms with Crippen LogP contribution in [0.2, 0.25) is 0 Å². The van der Waals surface area contributed by atoms with Crippen molar-refractivity contribution in [1.82, 2.24) is 0 Å². The van der Waals surface area contributed by atoms with Crippen LogP contribution in [0.25, 0.3) is 0 Å². The molecule has 0 bridgehead atoms. The molecule has 1 rings (SSSR count). The summed E-state index contributed by atoms with van der Waals surface area (Å²) in [5.74, 6) is -0.399. The summed E-state index contributed by atoms with van der Waals surface area (Å²) in [6.45, 7) is 9.89. The van der Waals surface area contributed by atoms with Gasteiger partial charge in [0.05, 0.1) is 19.6 Å². The van der Waals surface area contributed by atoms with Crippen molar-refractivity contribution in [2.24, 2.45) is 0 Å². The van der Waals surface area contributed by atoms with Crippen molar-refractivity contribution >= 4 is 5.78 Å². The fraction of sp³-hybridized carbons (Fsp3) is 0.588. The summed E-state index contributed by atoms with van der Waals surface area (Å²) in [5, 5.41) is 18.9. The number of quaternary nitrogens is 1. The minimum Gasteiger partial charge on any atom is -0.504 e. The molecule has 0 aliphatic carbocycles. The molecule has 0 aliphatic heterocycles. The van der Waals surface area contributed by atoms with E-state index in [1.807, 2.05) is 0 Å². The highest BCUT2D eigenvalue weighted by Gasteiger charge is 2.28. The Morgan fingerprint density at radius 2 is 1.48 bits per heavy atom. The predicted molar refractivity (Wildman–Crippen MR) is 84.7 cm³/mol. The van der Waals surface area contributed by atoms with Crippen molar-refractivity contribution in [3.8, 4) is 11.5 Å². The Hall–Kier alpha value is -1.55. The smallest absolute Gasteiger partial charge is 0.217 e. The minimum atomic E-state index is -0.236. The Labute approximate surface area is 127 Å². The lowest BCUT2D eigenvalue weighted by Crippen LogP contribution is -2.52. The van der Waals surface area contributed by atoms with E-state index < -0.39 is 0 Å². The first kappa shape index (κ1) is 17.5. The quantitative estimate of drug-likeness (QED) is 0.417. The Morgan fingerprint density at radius 3 is 1.90 bits per heavy atom. The SMILES string of the molecule is CCC[N+](CCC)(CCC)CC(=O)c1ccc(O)c(O)c1. The molecule has 0 fully saturated rings. The van der Waals surface area contributed by atoms with Gasteiger partial charge in [0, 0.05) is 5.56 Å². The number of aromatic hydroxyl groups is 2. The van der Waals surface area contributed by atoms with Crippen LogP contribution in [0, 0.1) is 0 Å². The first-order valence-corrected chi connectivity index (χ1v) is 7.88. The third-order valence-electron chi connectivity index (χ3n) is 3.87. The zero-order chi connectivity index (χ0) is 15.9. The molecule has 0 saturated carbocycles. The van der Waals surface area contributed by atoms with Crippen molar-refractivity contribution in [2.45, 2.75) is 40.0 Å². The van der Waals surface area contributed by atoms with Crippen molar-refractivity contribution in [3.05, 3.63) is 23.8 Å². The van der Waals surface area contributed by atoms with E-state index in [1.165, 1.54) is 12.1 Å². The van der Waals surface area contributed by atoms with Gasteiger partial charge in [-0.2, -0.15) is 0 Å². The standard InChI is InChI=1S/C17H27NO3/c1-4-9-18(10-5-2,11-6-3)13-17(21)14-7-8-15(19)16(20)12-14/h7-8,12H,4-6,9-11,13H2,1-3H3,(H-,19,20,21)/p+1. The summed E-state index contributed by atoms with van der Waals surface area (Å²) in [6.07, 6.45) is 3.15. The van der Waals surface area contributed by atoms with Crippen LogP contribution < -0.4 is 0 Å². The van der Waals surface area contributed by atoms with Gasteiger partial charge in [0.25, 0.3) is 0 Å². The number of nitrogens with zero attached hydrogens (tertiary/aromatic N) is 1. The van der Waals surface area contributed by atoms with Crippen molar-refractivity contribution in [1.29, 1.82) is 0 Å². The lowest BCUT2D eigenvalue weighted by Gasteiger charge is -2.37. The average molecular weight is 294 g/mol. The maximum absolute atomic E-state index is 12.5. The molecule has 118 valence electrons. The van der Waals surface area contributed by atoms with Gasteiger partial charge in [0.1, 0.15) is 6.54 Å². The topological polar surface area (TPSA) is 57.5 Å². The van der Waals surface area contributed by atoms with Crippen molar-refractivity contribution in [3.63, 3.8) is 0 Å². The Bertz CT molecular complexity index is 454. The van der Waals surface area contributed by atoms with Crippen LogP contribution in [-0.4, -0.2) is 46.7 Å². The molecule has 1 aromatic carbocycles. The van der Waals surface area contributed by atoms with Crippen LogP contribution in [-0.2, 0) is 0 Å². The van der Waals surface area contributed by atoms with Gasteiger partial charge in [-0.1, -0.05) is 20.8 Å². The van der Waals surface area contributed by atoms with Crippen LogP contribution >= 0.6 is 0 Å². The van der Waals surface area contributed by atoms with Crippen molar-refractivity contribution in [2.75, 3.05) is 26.2 Å². The highest BCUT2D eigenvalue weighted by Crippen LogP contribution is 2.25. The molecular weight excluding hydrogens is 266 g/mol. The third-order valence-corrected chi connectivity index (χ3v) is 3.87. The van der Waals surface area contributed by atoms with Gasteiger partial charge in [-0.25, -0.2) is 0 Å². The molecule has 4 heteroatoms. The van der Waals surface area contributed by atoms with Gasteiger partial charge in [-0.05, 0) is 37.5 Å². The zero-order valence-electron chi connectivity index (χ0n) is 13.4. The molecule has 0 saturated heterocycles. The summed E-state index contributed by atoms with van der Waals surface area (Å²) < 4.78 is 0.809. The zero-order valence-corrected chi connectivity index (χ0v) is 13.4. The number of carbonyl (C=O) groups is 1. The summed E-state index contributed by atoms with van der Waals surface area (Å²) in [6, 6.07) is 4.31. The van der Waals surface area contributed by atoms with Crippen LogP contribution in [0.1, 0.15) is 50.4 Å². The number of ketones is 1. The molecule has 4 nitrogen and oxygen atoms in total. The van der Waals surface area contributed by atoms with Gasteiger partial charge >= 0.3 is 0 Å². The molecule has 0 atom stereocenters. The number of hydrogen-bond acceptors (Lipinski definition) is 3. The number of hydrogen-bond donors (Lipinski definition) is 2. The average Bonchev–Trinajstić information content (AvgIpc) is 2.42. The normalized spacial score (nSPS) is 11.6. The molecule has 0 heterocycles. The van der Waals surface area contributed by atoms with Gasteiger partial charge in [0.2, 0.25) is 5.78 Å². The highest BCUT2D eigenvalue weighted by molar-refractivity contribution is 5.97. The van der Waals surface area contributed by atoms with E-state index in [2.05, 4.69) is 20.8 Å². The van der Waals surface area contributed by atoms with Gasteiger partial charge < -0.3 is 14.7 Å². The molecule has 0 spiro atoms. The third kappa shape index (κ3) is 4.74. The van der Waals surface area contributed by atoms with E-state index in [-0.39, 0.29) is 17.3 Å². The fourth-order valence-electron chi connectivity index (χ4n) is 3.09. The molecule has 2 N–H and O–H groups in total. The number of rotatable bonds is 9. The van der Waals surface area contributed by atoms with E-state index in [1.54, 1.807) is 6.07 Å². The number of benzene rings is 1. The van der Waals surface area contributed by atoms with E-state index in [0.717, 1.165) is 43.4 Å². The molecule has 0 aromatic heterocycles. The first-order valence-electron chi connectivity index (χ1n) is 7.88. The molecule has 0 unspecified atom stereocenters. The highest BCUT2D eigenvalue weighted by atomic mass is 16.3. The Kier molecular flexibility index (Phi) is 6.69. The van der Waals surface area contributed by atoms with E-state index in [0.29, 0.717) is 12.1 Å². The van der Waals surface area contributed by atoms with E-state index in [9.17, 15) is 15.0 Å². The summed E-state index contributed by atoms with van der Waals surface area (Å²) in [5.41, 5.74) is 0.469. The number of phenols is 2. The van der Waals surface area contributed by atoms with Gasteiger partial charge in [-0.15, -0.1) is 0 Å². The summed E-state index contributed by atoms with van der Waals surface area (Å²) in [7, 11) is 0. The second kappa shape index (κ2) is 8.03. The Balaban J connectivity index is 2.95. The molecule has 0 amide bonds. The van der Waals surface area contributed by atoms with Crippen LogP contribution in [0.5, 0.6) is 11.5 Å². The summed E-state index contributed by atoms with van der Waals surface area (Å²) in [4.78, 5) is 12.5. The molecular formula is C17H28NO3+. The second-order valence-corrected chi connectivity index (χ2v) is 5.80. The maximum Gasteiger partial charge on any atom is 0.217 e. The predicted octanol–water partition coefficient (Wildman–Crippen LogP) is 3.33. The van der Waals surface area contributed by atoms with Gasteiger partial charge in [-0.3, -0.25) is 4.79 Å². The Morgan fingerprint density at radius 1 is 0.952 bits per heavy atom. The van der Waals surface area contributed by atoms with Crippen LogP contribution in [0.3, 0.4) is 0 Å². The molecule has 21 heavy (non-hydrogen) atoms. The molecule has 0 radical (unpaired) electrons. The van der Waals surface area contributed by atoms with Crippen LogP contribution in [0.15, 0.2) is 18.2 Å². The fourth-order valence-corrected chi connectivity index (χ4v) is 3.09. The number of carbonyl (C=O) groups excluding carboxylic acids is 1. The largest absolute Gasteiger partial charge is 0.504 e. The van der Waals surface area contributed by atoms with Gasteiger partial charge in [0.15, 0.2) is 11.5 Å². The monoisotopic (exact) mass is 294 g/mol.